The molecule has 0 saturated carbocycles. The van der Waals surface area contributed by atoms with E-state index in [-0.39, 0.29) is 0 Å². The summed E-state index contributed by atoms with van der Waals surface area (Å²) in [4.78, 5) is 2.28. The van der Waals surface area contributed by atoms with Gasteiger partial charge < -0.3 is 10.2 Å². The molecule has 1 aromatic carbocycles. The quantitative estimate of drug-likeness (QED) is 0.856. The second-order valence-corrected chi connectivity index (χ2v) is 7.24. The van der Waals surface area contributed by atoms with Crippen LogP contribution < -0.4 is 5.32 Å². The Labute approximate surface area is 130 Å². The van der Waals surface area contributed by atoms with Crippen LogP contribution in [-0.4, -0.2) is 31.6 Å². The molecule has 1 aliphatic carbocycles. The predicted octanol–water partition coefficient (Wildman–Crippen LogP) is 3.80. The van der Waals surface area contributed by atoms with E-state index in [9.17, 15) is 0 Å². The van der Waals surface area contributed by atoms with Crippen LogP contribution in [0.2, 0.25) is 0 Å². The minimum Gasteiger partial charge on any atom is -0.308 e. The summed E-state index contributed by atoms with van der Waals surface area (Å²) in [5.74, 6) is 0.646. The van der Waals surface area contributed by atoms with E-state index in [0.29, 0.717) is 18.0 Å². The van der Waals surface area contributed by atoms with Crippen molar-refractivity contribution in [2.75, 3.05) is 20.6 Å². The standard InChI is InChI=1S/C19H32N2/c1-14(2)19(13-21(4)5)20-15(3)17-11-10-16-8-6-7-9-18(16)12-17/h10-12,14-15,19-20H,6-9,13H2,1-5H3. The van der Waals surface area contributed by atoms with Gasteiger partial charge in [-0.25, -0.2) is 0 Å². The third kappa shape index (κ3) is 4.55. The molecular weight excluding hydrogens is 256 g/mol. The highest BCUT2D eigenvalue weighted by Gasteiger charge is 2.18. The van der Waals surface area contributed by atoms with Crippen LogP contribution in [0.15, 0.2) is 18.2 Å². The first-order valence-electron chi connectivity index (χ1n) is 8.50. The van der Waals surface area contributed by atoms with Crippen molar-refractivity contribution in [1.29, 1.82) is 0 Å². The number of aryl methyl sites for hydroxylation is 2. The first-order chi connectivity index (χ1) is 9.97. The number of nitrogens with zero attached hydrogens (tertiary/aromatic N) is 1. The van der Waals surface area contributed by atoms with Gasteiger partial charge in [0.1, 0.15) is 0 Å². The summed E-state index contributed by atoms with van der Waals surface area (Å²) in [6.07, 6.45) is 5.25. The molecule has 118 valence electrons. The fraction of sp³-hybridized carbons (Fsp3) is 0.684. The largest absolute Gasteiger partial charge is 0.308 e. The molecule has 1 aromatic rings. The van der Waals surface area contributed by atoms with E-state index >= 15 is 0 Å². The van der Waals surface area contributed by atoms with Gasteiger partial charge in [-0.1, -0.05) is 32.0 Å². The molecule has 0 amide bonds. The van der Waals surface area contributed by atoms with Gasteiger partial charge in [0.2, 0.25) is 0 Å². The molecule has 0 bridgehead atoms. The summed E-state index contributed by atoms with van der Waals surface area (Å²) >= 11 is 0. The van der Waals surface area contributed by atoms with Crippen molar-refractivity contribution in [3.05, 3.63) is 34.9 Å². The van der Waals surface area contributed by atoms with Crippen LogP contribution in [-0.2, 0) is 12.8 Å². The fourth-order valence-corrected chi connectivity index (χ4v) is 3.29. The second kappa shape index (κ2) is 7.42. The number of hydrogen-bond acceptors (Lipinski definition) is 2. The highest BCUT2D eigenvalue weighted by Crippen LogP contribution is 2.25. The van der Waals surface area contributed by atoms with Gasteiger partial charge in [-0.05, 0) is 69.3 Å². The maximum Gasteiger partial charge on any atom is 0.0295 e. The molecule has 0 aliphatic heterocycles. The van der Waals surface area contributed by atoms with Crippen molar-refractivity contribution in [1.82, 2.24) is 10.2 Å². The summed E-state index contributed by atoms with van der Waals surface area (Å²) in [5.41, 5.74) is 4.60. The van der Waals surface area contributed by atoms with Gasteiger partial charge in [-0.3, -0.25) is 0 Å². The summed E-state index contributed by atoms with van der Waals surface area (Å²) in [7, 11) is 4.31. The number of benzene rings is 1. The fourth-order valence-electron chi connectivity index (χ4n) is 3.29. The van der Waals surface area contributed by atoms with E-state index in [0.717, 1.165) is 6.54 Å². The van der Waals surface area contributed by atoms with Gasteiger partial charge in [0.25, 0.3) is 0 Å². The minimum absolute atomic E-state index is 0.421. The monoisotopic (exact) mass is 288 g/mol. The molecule has 1 N–H and O–H groups in total. The summed E-state index contributed by atoms with van der Waals surface area (Å²) < 4.78 is 0. The zero-order valence-electron chi connectivity index (χ0n) is 14.4. The lowest BCUT2D eigenvalue weighted by molar-refractivity contribution is 0.273. The van der Waals surface area contributed by atoms with Crippen molar-refractivity contribution < 1.29 is 0 Å². The van der Waals surface area contributed by atoms with Gasteiger partial charge in [-0.2, -0.15) is 0 Å². The summed E-state index contributed by atoms with van der Waals surface area (Å²) in [5, 5.41) is 3.83. The average molecular weight is 288 g/mol. The molecule has 0 fully saturated rings. The Bertz CT molecular complexity index is 451. The van der Waals surface area contributed by atoms with Crippen molar-refractivity contribution >= 4 is 0 Å². The number of hydrogen-bond donors (Lipinski definition) is 1. The van der Waals surface area contributed by atoms with E-state index in [4.69, 9.17) is 0 Å². The Morgan fingerprint density at radius 3 is 2.33 bits per heavy atom. The van der Waals surface area contributed by atoms with Crippen molar-refractivity contribution in [3.63, 3.8) is 0 Å². The maximum absolute atomic E-state index is 3.83. The number of rotatable bonds is 6. The molecule has 2 atom stereocenters. The molecule has 21 heavy (non-hydrogen) atoms. The topological polar surface area (TPSA) is 15.3 Å². The first-order valence-corrected chi connectivity index (χ1v) is 8.50. The van der Waals surface area contributed by atoms with Crippen molar-refractivity contribution in [2.24, 2.45) is 5.92 Å². The van der Waals surface area contributed by atoms with E-state index in [1.807, 2.05) is 0 Å². The average Bonchev–Trinajstić information content (AvgIpc) is 2.45. The van der Waals surface area contributed by atoms with Gasteiger partial charge in [-0.15, -0.1) is 0 Å². The van der Waals surface area contributed by atoms with Gasteiger partial charge in [0.05, 0.1) is 0 Å². The van der Waals surface area contributed by atoms with Crippen LogP contribution in [0.25, 0.3) is 0 Å². The lowest BCUT2D eigenvalue weighted by Gasteiger charge is -2.29. The molecule has 2 nitrogen and oxygen atoms in total. The molecule has 2 heteroatoms. The van der Waals surface area contributed by atoms with Gasteiger partial charge >= 0.3 is 0 Å². The third-order valence-corrected chi connectivity index (χ3v) is 4.70. The SMILES string of the molecule is CC(NC(CN(C)C)C(C)C)c1ccc2c(c1)CCCC2. The second-order valence-electron chi connectivity index (χ2n) is 7.24. The van der Waals surface area contributed by atoms with Crippen LogP contribution in [0.1, 0.15) is 56.3 Å². The van der Waals surface area contributed by atoms with Gasteiger partial charge in [0, 0.05) is 18.6 Å². The van der Waals surface area contributed by atoms with Crippen molar-refractivity contribution in [2.45, 2.75) is 58.5 Å². The highest BCUT2D eigenvalue weighted by molar-refractivity contribution is 5.35. The number of fused-ring (bicyclic) bond motifs is 1. The van der Waals surface area contributed by atoms with Crippen LogP contribution in [0, 0.1) is 5.92 Å². The third-order valence-electron chi connectivity index (χ3n) is 4.70. The lowest BCUT2D eigenvalue weighted by atomic mass is 9.89. The van der Waals surface area contributed by atoms with E-state index in [2.05, 4.69) is 63.3 Å². The molecule has 1 aliphatic rings. The zero-order valence-corrected chi connectivity index (χ0v) is 14.4. The molecule has 0 saturated heterocycles. The molecule has 0 aromatic heterocycles. The van der Waals surface area contributed by atoms with E-state index < -0.39 is 0 Å². The minimum atomic E-state index is 0.421. The zero-order chi connectivity index (χ0) is 15.4. The smallest absolute Gasteiger partial charge is 0.0295 e. The molecule has 0 heterocycles. The summed E-state index contributed by atoms with van der Waals surface area (Å²) in [6.45, 7) is 8.00. The molecular formula is C19H32N2. The molecule has 0 radical (unpaired) electrons. The van der Waals surface area contributed by atoms with Crippen LogP contribution in [0.3, 0.4) is 0 Å². The molecule has 0 spiro atoms. The normalized spacial score (nSPS) is 17.9. The van der Waals surface area contributed by atoms with Crippen molar-refractivity contribution in [3.8, 4) is 0 Å². The predicted molar refractivity (Wildman–Crippen MR) is 91.8 cm³/mol. The highest BCUT2D eigenvalue weighted by atomic mass is 15.1. The van der Waals surface area contributed by atoms with E-state index in [1.54, 1.807) is 11.1 Å². The summed E-state index contributed by atoms with van der Waals surface area (Å²) in [6, 6.07) is 8.09. The maximum atomic E-state index is 3.83. The van der Waals surface area contributed by atoms with Gasteiger partial charge in [0.15, 0.2) is 0 Å². The molecule has 2 rings (SSSR count). The molecule has 2 unspecified atom stereocenters. The Morgan fingerprint density at radius 1 is 1.05 bits per heavy atom. The Balaban J connectivity index is 2.06. The first kappa shape index (κ1) is 16.5. The number of likely N-dealkylation sites (N-methyl/N-ethyl adjacent to an activating group) is 1. The van der Waals surface area contributed by atoms with Crippen LogP contribution >= 0.6 is 0 Å². The van der Waals surface area contributed by atoms with Crippen LogP contribution in [0.5, 0.6) is 0 Å². The number of nitrogens with one attached hydrogen (secondary N) is 1. The Morgan fingerprint density at radius 2 is 1.71 bits per heavy atom. The van der Waals surface area contributed by atoms with E-state index in [1.165, 1.54) is 31.2 Å². The Kier molecular flexibility index (Phi) is 5.83. The lowest BCUT2D eigenvalue weighted by Crippen LogP contribution is -2.43. The van der Waals surface area contributed by atoms with Crippen LogP contribution in [0.4, 0.5) is 0 Å². The Hall–Kier alpha value is -0.860.